The topological polar surface area (TPSA) is 72.8 Å². The minimum atomic E-state index is -0.439. The predicted molar refractivity (Wildman–Crippen MR) is 122 cm³/mol. The highest BCUT2D eigenvalue weighted by Gasteiger charge is 2.60. The van der Waals surface area contributed by atoms with Crippen LogP contribution in [0, 0.1) is 34.5 Å². The van der Waals surface area contributed by atoms with Crippen LogP contribution in [0.1, 0.15) is 66.2 Å². The summed E-state index contributed by atoms with van der Waals surface area (Å²) in [4.78, 5) is 23.5. The number of hydrogen-bond donors (Lipinski definition) is 1. The van der Waals surface area contributed by atoms with Gasteiger partial charge in [0.05, 0.1) is 13.2 Å². The molecule has 176 valence electrons. The van der Waals surface area contributed by atoms with Crippen LogP contribution in [0.3, 0.4) is 0 Å². The number of esters is 2. The Balaban J connectivity index is 1.61. The summed E-state index contributed by atoms with van der Waals surface area (Å²) in [5.41, 5.74) is 2.65. The Kier molecular flexibility index (Phi) is 6.17. The number of hydrogen-bond acceptors (Lipinski definition) is 5. The summed E-state index contributed by atoms with van der Waals surface area (Å²) < 4.78 is 10.6. The maximum atomic E-state index is 11.9. The van der Waals surface area contributed by atoms with Crippen LogP contribution in [-0.4, -0.2) is 36.4 Å². The molecule has 4 aliphatic rings. The minimum absolute atomic E-state index is 0.119. The molecule has 0 unspecified atom stereocenters. The summed E-state index contributed by atoms with van der Waals surface area (Å²) in [5, 5.41) is 10.5. The van der Waals surface area contributed by atoms with Gasteiger partial charge in [0, 0.05) is 24.8 Å². The smallest absolute Gasteiger partial charge is 0.330 e. The number of ether oxygens (including phenoxy) is 2. The van der Waals surface area contributed by atoms with Crippen molar-refractivity contribution in [3.63, 3.8) is 0 Å². The highest BCUT2D eigenvalue weighted by molar-refractivity contribution is 5.81. The van der Waals surface area contributed by atoms with E-state index < -0.39 is 6.10 Å². The van der Waals surface area contributed by atoms with E-state index in [1.165, 1.54) is 25.2 Å². The summed E-state index contributed by atoms with van der Waals surface area (Å²) >= 11 is 0. The molecule has 0 heterocycles. The molecule has 1 N–H and O–H groups in total. The molecule has 0 aromatic rings. The maximum Gasteiger partial charge on any atom is 0.330 e. The molecule has 4 aliphatic carbocycles. The van der Waals surface area contributed by atoms with Gasteiger partial charge in [0.15, 0.2) is 0 Å². The lowest BCUT2D eigenvalue weighted by Gasteiger charge is -2.59. The van der Waals surface area contributed by atoms with Gasteiger partial charge in [-0.2, -0.15) is 0 Å². The summed E-state index contributed by atoms with van der Waals surface area (Å²) in [5.74, 6) is 1.15. The Morgan fingerprint density at radius 2 is 1.97 bits per heavy atom. The lowest BCUT2D eigenvalue weighted by molar-refractivity contribution is -0.165. The number of rotatable bonds is 4. The van der Waals surface area contributed by atoms with Crippen LogP contribution < -0.4 is 0 Å². The molecule has 32 heavy (non-hydrogen) atoms. The Bertz CT molecular complexity index is 869. The molecule has 0 aromatic carbocycles. The van der Waals surface area contributed by atoms with Crippen molar-refractivity contribution in [2.24, 2.45) is 34.5 Å². The van der Waals surface area contributed by atoms with E-state index in [1.54, 1.807) is 6.08 Å². The molecule has 5 heteroatoms. The van der Waals surface area contributed by atoms with Crippen molar-refractivity contribution in [3.05, 3.63) is 35.5 Å². The lowest BCUT2D eigenvalue weighted by atomic mass is 9.46. The van der Waals surface area contributed by atoms with Crippen LogP contribution in [0.4, 0.5) is 0 Å². The zero-order chi connectivity index (χ0) is 23.3. The molecule has 0 radical (unpaired) electrons. The van der Waals surface area contributed by atoms with E-state index in [9.17, 15) is 14.7 Å². The normalized spacial score (nSPS) is 41.6. The molecular weight excluding hydrogens is 404 g/mol. The summed E-state index contributed by atoms with van der Waals surface area (Å²) in [7, 11) is 1.41. The third-order valence-electron chi connectivity index (χ3n) is 9.31. The van der Waals surface area contributed by atoms with Crippen molar-refractivity contribution in [1.29, 1.82) is 0 Å². The van der Waals surface area contributed by atoms with Gasteiger partial charge in [-0.15, -0.1) is 0 Å². The van der Waals surface area contributed by atoms with Crippen molar-refractivity contribution in [3.8, 4) is 0 Å². The molecule has 0 aromatic heterocycles. The first-order chi connectivity index (χ1) is 15.1. The number of carbonyl (C=O) groups is 2. The fourth-order valence-corrected chi connectivity index (χ4v) is 7.75. The van der Waals surface area contributed by atoms with E-state index in [1.807, 2.05) is 6.08 Å². The van der Waals surface area contributed by atoms with E-state index in [4.69, 9.17) is 9.47 Å². The monoisotopic (exact) mass is 442 g/mol. The van der Waals surface area contributed by atoms with Crippen molar-refractivity contribution in [1.82, 2.24) is 0 Å². The zero-order valence-corrected chi connectivity index (χ0v) is 20.1. The Morgan fingerprint density at radius 1 is 1.22 bits per heavy atom. The minimum Gasteiger partial charge on any atom is -0.466 e. The molecule has 2 saturated carbocycles. The van der Waals surface area contributed by atoms with Crippen LogP contribution in [-0.2, 0) is 19.1 Å². The second-order valence-electron chi connectivity index (χ2n) is 10.8. The lowest BCUT2D eigenvalue weighted by Crippen LogP contribution is -2.56. The van der Waals surface area contributed by atoms with Crippen molar-refractivity contribution in [2.45, 2.75) is 78.4 Å². The fourth-order valence-electron chi connectivity index (χ4n) is 7.75. The van der Waals surface area contributed by atoms with E-state index in [0.717, 1.165) is 25.7 Å². The number of carbonyl (C=O) groups excluding carboxylic acids is 2. The van der Waals surface area contributed by atoms with Gasteiger partial charge in [-0.25, -0.2) is 4.79 Å². The number of aliphatic hydroxyl groups excluding tert-OH is 1. The zero-order valence-electron chi connectivity index (χ0n) is 20.1. The van der Waals surface area contributed by atoms with Crippen LogP contribution in [0.15, 0.2) is 35.5 Å². The van der Waals surface area contributed by atoms with Gasteiger partial charge in [0.2, 0.25) is 0 Å². The average molecular weight is 443 g/mol. The van der Waals surface area contributed by atoms with Gasteiger partial charge in [-0.05, 0) is 61.2 Å². The third-order valence-corrected chi connectivity index (χ3v) is 9.31. The molecule has 4 rings (SSSR count). The van der Waals surface area contributed by atoms with E-state index >= 15 is 0 Å². The van der Waals surface area contributed by atoms with Gasteiger partial charge >= 0.3 is 11.9 Å². The number of methoxy groups -OCH3 is 1. The number of fused-ring (bicyclic) bond motifs is 5. The predicted octanol–water partition coefficient (Wildman–Crippen LogP) is 4.75. The van der Waals surface area contributed by atoms with E-state index in [2.05, 4.69) is 32.9 Å². The van der Waals surface area contributed by atoms with Gasteiger partial charge < -0.3 is 14.6 Å². The van der Waals surface area contributed by atoms with Crippen molar-refractivity contribution >= 4 is 11.9 Å². The molecule has 5 nitrogen and oxygen atoms in total. The highest BCUT2D eigenvalue weighted by atomic mass is 16.5. The number of allylic oxidation sites excluding steroid dienone is 4. The first-order valence-electron chi connectivity index (χ1n) is 12.1. The van der Waals surface area contributed by atoms with Crippen LogP contribution in [0.25, 0.3) is 0 Å². The van der Waals surface area contributed by atoms with Gasteiger partial charge in [-0.1, -0.05) is 50.1 Å². The largest absolute Gasteiger partial charge is 0.466 e. The molecule has 0 amide bonds. The van der Waals surface area contributed by atoms with Crippen LogP contribution >= 0.6 is 0 Å². The molecule has 2 fully saturated rings. The summed E-state index contributed by atoms with van der Waals surface area (Å²) in [6.45, 7) is 8.33. The Labute approximate surface area is 191 Å². The number of aliphatic hydroxyl groups is 1. The van der Waals surface area contributed by atoms with Gasteiger partial charge in [0.1, 0.15) is 6.10 Å². The SMILES string of the molecule is COC(=O)/C=C/[C@@H](C)C1=CC[C@H]2[C@@H]3CC=C4C[C@@H](O)C[C@H](OC(C)=O)[C@]4(C)[C@H]3CC[C@]12C. The van der Waals surface area contributed by atoms with Crippen molar-refractivity contribution in [2.75, 3.05) is 7.11 Å². The first kappa shape index (κ1) is 23.3. The third kappa shape index (κ3) is 3.67. The molecule has 0 spiro atoms. The molecule has 0 bridgehead atoms. The van der Waals surface area contributed by atoms with Gasteiger partial charge in [-0.3, -0.25) is 4.79 Å². The van der Waals surface area contributed by atoms with Crippen LogP contribution in [0.5, 0.6) is 0 Å². The van der Waals surface area contributed by atoms with Crippen molar-refractivity contribution < 1.29 is 24.2 Å². The standard InChI is InChI=1S/C27H38O5/c1-16(6-11-25(30)31-5)21-9-10-22-20-8-7-18-14-19(29)15-24(32-17(2)28)27(18,4)23(20)12-13-26(21,22)3/h6-7,9,11,16,19-20,22-24,29H,8,10,12-15H2,1-5H3/b11-6+/t16-,19-,20+,22+,23+,24+,26-,27+/m1/s1. The van der Waals surface area contributed by atoms with Gasteiger partial charge in [0.25, 0.3) is 0 Å². The maximum absolute atomic E-state index is 11.9. The molecule has 8 atom stereocenters. The quantitative estimate of drug-likeness (QED) is 0.386. The second-order valence-corrected chi connectivity index (χ2v) is 10.8. The van der Waals surface area contributed by atoms with Crippen LogP contribution in [0.2, 0.25) is 0 Å². The van der Waals surface area contributed by atoms with E-state index in [0.29, 0.717) is 30.6 Å². The highest BCUT2D eigenvalue weighted by Crippen LogP contribution is 2.66. The molecule has 0 saturated heterocycles. The average Bonchev–Trinajstić information content (AvgIpc) is 3.09. The summed E-state index contributed by atoms with van der Waals surface area (Å²) in [6, 6.07) is 0. The second kappa shape index (κ2) is 8.48. The Morgan fingerprint density at radius 3 is 2.66 bits per heavy atom. The molecular formula is C27H38O5. The fraction of sp³-hybridized carbons (Fsp3) is 0.704. The summed E-state index contributed by atoms with van der Waals surface area (Å²) in [6.07, 6.45) is 13.1. The molecule has 0 aliphatic heterocycles. The first-order valence-corrected chi connectivity index (χ1v) is 12.1. The Hall–Kier alpha value is -1.88. The van der Waals surface area contributed by atoms with E-state index in [-0.39, 0.29) is 34.8 Å².